The van der Waals surface area contributed by atoms with E-state index in [2.05, 4.69) is 20.9 Å². The summed E-state index contributed by atoms with van der Waals surface area (Å²) in [6, 6.07) is 15.1. The van der Waals surface area contributed by atoms with Crippen molar-refractivity contribution in [2.75, 3.05) is 27.4 Å². The molecule has 0 spiro atoms. The molecule has 0 radical (unpaired) electrons. The average molecular weight is 780 g/mol. The molecule has 0 amide bonds. The molecule has 0 N–H and O–H groups in total. The Morgan fingerprint density at radius 3 is 2.27 bits per heavy atom. The summed E-state index contributed by atoms with van der Waals surface area (Å²) in [5, 5.41) is 0. The predicted octanol–water partition coefficient (Wildman–Crippen LogP) is 6.12. The number of halogens is 1. The number of fused-ring (bicyclic) bond motifs is 1. The van der Waals surface area contributed by atoms with Crippen LogP contribution in [0.1, 0.15) is 67.7 Å². The quantitative estimate of drug-likeness (QED) is 0.148. The lowest BCUT2D eigenvalue weighted by molar-refractivity contribution is -0.139. The number of carbonyl (C=O) groups is 2. The molecule has 11 nitrogen and oxygen atoms in total. The van der Waals surface area contributed by atoms with E-state index in [1.54, 1.807) is 76.4 Å². The Kier molecular flexibility index (Phi) is 12.0. The van der Waals surface area contributed by atoms with Gasteiger partial charge in [0.05, 0.1) is 65.4 Å². The first-order valence-corrected chi connectivity index (χ1v) is 17.9. The van der Waals surface area contributed by atoms with Gasteiger partial charge in [-0.1, -0.05) is 29.5 Å². The molecule has 5 rings (SSSR count). The Balaban J connectivity index is 1.52. The molecule has 1 aliphatic rings. The van der Waals surface area contributed by atoms with Crippen LogP contribution in [-0.4, -0.2) is 50.0 Å². The Hall–Kier alpha value is -4.88. The second kappa shape index (κ2) is 16.4. The van der Waals surface area contributed by atoms with Crippen LogP contribution >= 0.6 is 27.3 Å². The van der Waals surface area contributed by atoms with Crippen molar-refractivity contribution in [2.45, 2.75) is 53.4 Å². The number of hydrogen-bond acceptors (Lipinski definition) is 11. The summed E-state index contributed by atoms with van der Waals surface area (Å²) in [4.78, 5) is 44.7. The van der Waals surface area contributed by atoms with E-state index >= 15 is 0 Å². The summed E-state index contributed by atoms with van der Waals surface area (Å²) in [6.07, 6.45) is 1.66. The number of thiazole rings is 1. The number of ether oxygens (including phenoxy) is 6. The van der Waals surface area contributed by atoms with Gasteiger partial charge in [0, 0.05) is 0 Å². The minimum Gasteiger partial charge on any atom is -0.493 e. The maximum absolute atomic E-state index is 14.2. The normalized spacial score (nSPS) is 14.1. The number of methoxy groups -OCH3 is 2. The van der Waals surface area contributed by atoms with Crippen LogP contribution < -0.4 is 33.8 Å². The van der Waals surface area contributed by atoms with Gasteiger partial charge >= 0.3 is 11.9 Å². The smallest absolute Gasteiger partial charge is 0.338 e. The summed E-state index contributed by atoms with van der Waals surface area (Å²) in [6.45, 7) is 9.74. The Bertz CT molecular complexity index is 2150. The van der Waals surface area contributed by atoms with Gasteiger partial charge in [-0.05, 0) is 110 Å². The molecular formula is C38H39BrN2O9S. The van der Waals surface area contributed by atoms with E-state index in [0.717, 1.165) is 5.56 Å². The van der Waals surface area contributed by atoms with E-state index in [1.165, 1.54) is 23.0 Å². The van der Waals surface area contributed by atoms with Crippen molar-refractivity contribution in [2.24, 2.45) is 4.99 Å². The first kappa shape index (κ1) is 37.4. The number of hydrogen-bond donors (Lipinski definition) is 0. The van der Waals surface area contributed by atoms with E-state index in [4.69, 9.17) is 28.4 Å². The largest absolute Gasteiger partial charge is 0.493 e. The fourth-order valence-electron chi connectivity index (χ4n) is 5.53. The van der Waals surface area contributed by atoms with Crippen LogP contribution in [-0.2, 0) is 20.9 Å². The summed E-state index contributed by atoms with van der Waals surface area (Å²) in [7, 11) is 3.07. The lowest BCUT2D eigenvalue weighted by Crippen LogP contribution is -2.40. The molecule has 0 unspecified atom stereocenters. The third kappa shape index (κ3) is 8.20. The van der Waals surface area contributed by atoms with E-state index < -0.39 is 12.0 Å². The number of allylic oxidation sites excluding steroid dienone is 1. The van der Waals surface area contributed by atoms with Gasteiger partial charge in [-0.2, -0.15) is 0 Å². The standard InChI is InChI=1S/C38H39BrN2O9S/c1-8-47-36(43)25-12-10-23(11-13-25)20-49-34-27(39)16-24(17-30(34)46-7)18-31-35(42)41-33(26-14-15-28(50-21(3)4)29(19-26)45-6)32(37(44)48-9-2)22(5)40-38(41)51-31/h10-19,21,33H,8-9,20H2,1-7H3/b31-18+/t33-/m0/s1. The van der Waals surface area contributed by atoms with Gasteiger partial charge < -0.3 is 28.4 Å². The molecule has 4 aromatic rings. The average Bonchev–Trinajstić information content (AvgIpc) is 3.40. The molecular weight excluding hydrogens is 740 g/mol. The van der Waals surface area contributed by atoms with Crippen LogP contribution in [0.15, 0.2) is 80.1 Å². The van der Waals surface area contributed by atoms with Gasteiger partial charge in [-0.3, -0.25) is 9.36 Å². The third-order valence-corrected chi connectivity index (χ3v) is 9.35. The number of rotatable bonds is 13. The highest BCUT2D eigenvalue weighted by molar-refractivity contribution is 9.10. The molecule has 51 heavy (non-hydrogen) atoms. The van der Waals surface area contributed by atoms with Crippen molar-refractivity contribution >= 4 is 45.3 Å². The minimum absolute atomic E-state index is 0.0876. The highest BCUT2D eigenvalue weighted by atomic mass is 79.9. The van der Waals surface area contributed by atoms with Crippen LogP contribution in [0.2, 0.25) is 0 Å². The maximum atomic E-state index is 14.2. The first-order valence-electron chi connectivity index (χ1n) is 16.3. The van der Waals surface area contributed by atoms with Gasteiger partial charge in [-0.15, -0.1) is 0 Å². The molecule has 0 saturated carbocycles. The second-order valence-corrected chi connectivity index (χ2v) is 13.5. The lowest BCUT2D eigenvalue weighted by Gasteiger charge is -2.25. The summed E-state index contributed by atoms with van der Waals surface area (Å²) in [5.74, 6) is 0.988. The van der Waals surface area contributed by atoms with Gasteiger partial charge in [0.25, 0.3) is 5.56 Å². The fourth-order valence-corrected chi connectivity index (χ4v) is 7.15. The van der Waals surface area contributed by atoms with Crippen molar-refractivity contribution in [3.8, 4) is 23.0 Å². The van der Waals surface area contributed by atoms with Crippen molar-refractivity contribution in [3.63, 3.8) is 0 Å². The molecule has 1 atom stereocenters. The molecule has 2 heterocycles. The summed E-state index contributed by atoms with van der Waals surface area (Å²) < 4.78 is 36.4. The molecule has 3 aromatic carbocycles. The van der Waals surface area contributed by atoms with Crippen LogP contribution in [0, 0.1) is 0 Å². The molecule has 1 aliphatic heterocycles. The van der Waals surface area contributed by atoms with Crippen LogP contribution in [0.4, 0.5) is 0 Å². The molecule has 0 saturated heterocycles. The van der Waals surface area contributed by atoms with Crippen molar-refractivity contribution in [3.05, 3.63) is 112 Å². The van der Waals surface area contributed by atoms with Crippen molar-refractivity contribution in [1.29, 1.82) is 0 Å². The van der Waals surface area contributed by atoms with Crippen LogP contribution in [0.5, 0.6) is 23.0 Å². The SMILES string of the molecule is CCOC(=O)C1=C(C)N=c2s/c(=C/c3cc(Br)c(OCc4ccc(C(=O)OCC)cc4)c(OC)c3)c(=O)n2[C@H]1c1ccc(OC(C)C)c(OC)c1. The van der Waals surface area contributed by atoms with Crippen LogP contribution in [0.3, 0.4) is 0 Å². The number of nitrogens with zero attached hydrogens (tertiary/aromatic N) is 2. The lowest BCUT2D eigenvalue weighted by atomic mass is 9.95. The monoisotopic (exact) mass is 778 g/mol. The number of esters is 2. The zero-order valence-electron chi connectivity index (χ0n) is 29.4. The summed E-state index contributed by atoms with van der Waals surface area (Å²) in [5.41, 5.74) is 2.99. The fraction of sp³-hybridized carbons (Fsp3) is 0.316. The number of benzene rings is 3. The van der Waals surface area contributed by atoms with Crippen molar-refractivity contribution < 1.29 is 38.0 Å². The Labute approximate surface area is 307 Å². The third-order valence-electron chi connectivity index (χ3n) is 7.78. The maximum Gasteiger partial charge on any atom is 0.338 e. The van der Waals surface area contributed by atoms with Gasteiger partial charge in [-0.25, -0.2) is 14.6 Å². The first-order chi connectivity index (χ1) is 24.5. The minimum atomic E-state index is -0.826. The topological polar surface area (TPSA) is 124 Å². The predicted molar refractivity (Wildman–Crippen MR) is 197 cm³/mol. The number of carbonyl (C=O) groups excluding carboxylic acids is 2. The Morgan fingerprint density at radius 2 is 1.63 bits per heavy atom. The molecule has 0 fully saturated rings. The highest BCUT2D eigenvalue weighted by Gasteiger charge is 2.34. The highest BCUT2D eigenvalue weighted by Crippen LogP contribution is 2.38. The second-order valence-electron chi connectivity index (χ2n) is 11.6. The van der Waals surface area contributed by atoms with Gasteiger partial charge in [0.15, 0.2) is 27.8 Å². The number of aromatic nitrogens is 1. The Morgan fingerprint density at radius 1 is 0.941 bits per heavy atom. The van der Waals surface area contributed by atoms with Crippen molar-refractivity contribution in [1.82, 2.24) is 4.57 Å². The summed E-state index contributed by atoms with van der Waals surface area (Å²) >= 11 is 4.82. The molecule has 0 bridgehead atoms. The zero-order chi connectivity index (χ0) is 36.8. The van der Waals surface area contributed by atoms with Gasteiger partial charge in [0.2, 0.25) is 0 Å². The van der Waals surface area contributed by atoms with E-state index in [9.17, 15) is 14.4 Å². The molecule has 1 aromatic heterocycles. The van der Waals surface area contributed by atoms with E-state index in [-0.39, 0.29) is 36.4 Å². The van der Waals surface area contributed by atoms with Crippen LogP contribution in [0.25, 0.3) is 6.08 Å². The van der Waals surface area contributed by atoms with Gasteiger partial charge in [0.1, 0.15) is 6.61 Å². The molecule has 13 heteroatoms. The van der Waals surface area contributed by atoms with E-state index in [0.29, 0.717) is 65.8 Å². The zero-order valence-corrected chi connectivity index (χ0v) is 31.8. The molecule has 0 aliphatic carbocycles. The molecule has 268 valence electrons. The van der Waals surface area contributed by atoms with E-state index in [1.807, 2.05) is 26.0 Å².